The molecule has 0 radical (unpaired) electrons. The summed E-state index contributed by atoms with van der Waals surface area (Å²) in [4.78, 5) is 11.8. The first-order chi connectivity index (χ1) is 8.60. The second-order valence-corrected chi connectivity index (χ2v) is 4.66. The van der Waals surface area contributed by atoms with Crippen LogP contribution in [0.4, 0.5) is 8.78 Å². The first-order valence-corrected chi connectivity index (χ1v) is 6.04. The molecule has 1 aromatic carbocycles. The standard InChI is InChI=1S/C13H16F2N2O/c14-10-1-4-12(15)8(6-10)5-9(7-16)13(18)17-11-2-3-11/h1,4,6,9,11H,2-3,5,7,16H2,(H,17,18). The maximum atomic E-state index is 13.5. The van der Waals surface area contributed by atoms with Crippen LogP contribution < -0.4 is 11.1 Å². The fraction of sp³-hybridized carbons (Fsp3) is 0.462. The Labute approximate surface area is 104 Å². The predicted molar refractivity (Wildman–Crippen MR) is 63.8 cm³/mol. The topological polar surface area (TPSA) is 55.1 Å². The van der Waals surface area contributed by atoms with Gasteiger partial charge in [0.15, 0.2) is 0 Å². The van der Waals surface area contributed by atoms with Crippen LogP contribution in [0.25, 0.3) is 0 Å². The van der Waals surface area contributed by atoms with E-state index < -0.39 is 17.6 Å². The van der Waals surface area contributed by atoms with Crippen molar-refractivity contribution in [1.82, 2.24) is 5.32 Å². The molecule has 1 saturated carbocycles. The third-order valence-corrected chi connectivity index (χ3v) is 3.05. The summed E-state index contributed by atoms with van der Waals surface area (Å²) < 4.78 is 26.5. The fourth-order valence-electron chi connectivity index (χ4n) is 1.79. The zero-order chi connectivity index (χ0) is 13.1. The second kappa shape index (κ2) is 5.44. The van der Waals surface area contributed by atoms with E-state index in [4.69, 9.17) is 5.73 Å². The average Bonchev–Trinajstić information content (AvgIpc) is 3.14. The molecule has 3 nitrogen and oxygen atoms in total. The monoisotopic (exact) mass is 254 g/mol. The minimum Gasteiger partial charge on any atom is -0.353 e. The Bertz CT molecular complexity index is 447. The third-order valence-electron chi connectivity index (χ3n) is 3.05. The molecule has 1 fully saturated rings. The first-order valence-electron chi connectivity index (χ1n) is 6.04. The molecule has 0 spiro atoms. The van der Waals surface area contributed by atoms with E-state index in [0.29, 0.717) is 0 Å². The Kier molecular flexibility index (Phi) is 3.91. The summed E-state index contributed by atoms with van der Waals surface area (Å²) in [7, 11) is 0. The average molecular weight is 254 g/mol. The molecule has 1 aromatic rings. The lowest BCUT2D eigenvalue weighted by atomic mass is 9.98. The van der Waals surface area contributed by atoms with E-state index in [1.54, 1.807) is 0 Å². The van der Waals surface area contributed by atoms with Crippen LogP contribution in [0.1, 0.15) is 18.4 Å². The summed E-state index contributed by atoms with van der Waals surface area (Å²) in [6, 6.07) is 3.48. The normalized spacial score (nSPS) is 16.4. The molecule has 0 bridgehead atoms. The summed E-state index contributed by atoms with van der Waals surface area (Å²) in [5.41, 5.74) is 5.72. The Morgan fingerprint density at radius 3 is 2.78 bits per heavy atom. The van der Waals surface area contributed by atoms with E-state index in [0.717, 1.165) is 31.0 Å². The summed E-state index contributed by atoms with van der Waals surface area (Å²) in [6.45, 7) is 0.120. The fourth-order valence-corrected chi connectivity index (χ4v) is 1.79. The minimum absolute atomic E-state index is 0.120. The van der Waals surface area contributed by atoms with E-state index in [-0.39, 0.29) is 30.5 Å². The van der Waals surface area contributed by atoms with Crippen molar-refractivity contribution in [3.63, 3.8) is 0 Å². The molecule has 3 N–H and O–H groups in total. The molecule has 0 aliphatic heterocycles. The quantitative estimate of drug-likeness (QED) is 0.833. The highest BCUT2D eigenvalue weighted by Gasteiger charge is 2.27. The van der Waals surface area contributed by atoms with E-state index >= 15 is 0 Å². The van der Waals surface area contributed by atoms with Gasteiger partial charge in [-0.25, -0.2) is 8.78 Å². The summed E-state index contributed by atoms with van der Waals surface area (Å²) >= 11 is 0. The minimum atomic E-state index is -0.512. The number of hydrogen-bond acceptors (Lipinski definition) is 2. The van der Waals surface area contributed by atoms with Crippen molar-refractivity contribution in [3.05, 3.63) is 35.4 Å². The Morgan fingerprint density at radius 1 is 1.44 bits per heavy atom. The van der Waals surface area contributed by atoms with Crippen LogP contribution in [0.3, 0.4) is 0 Å². The van der Waals surface area contributed by atoms with Crippen molar-refractivity contribution in [1.29, 1.82) is 0 Å². The van der Waals surface area contributed by atoms with Gasteiger partial charge < -0.3 is 11.1 Å². The Balaban J connectivity index is 2.04. The maximum absolute atomic E-state index is 13.5. The second-order valence-electron chi connectivity index (χ2n) is 4.66. The molecule has 2 rings (SSSR count). The van der Waals surface area contributed by atoms with Gasteiger partial charge in [-0.2, -0.15) is 0 Å². The van der Waals surface area contributed by atoms with Crippen LogP contribution in [0, 0.1) is 17.6 Å². The molecule has 0 heterocycles. The van der Waals surface area contributed by atoms with Crippen molar-refractivity contribution in [3.8, 4) is 0 Å². The van der Waals surface area contributed by atoms with Crippen molar-refractivity contribution >= 4 is 5.91 Å². The van der Waals surface area contributed by atoms with E-state index in [2.05, 4.69) is 5.32 Å². The van der Waals surface area contributed by atoms with Gasteiger partial charge in [-0.15, -0.1) is 0 Å². The van der Waals surface area contributed by atoms with E-state index in [1.165, 1.54) is 0 Å². The van der Waals surface area contributed by atoms with Gasteiger partial charge in [0.05, 0.1) is 5.92 Å². The first kappa shape index (κ1) is 13.0. The lowest BCUT2D eigenvalue weighted by Crippen LogP contribution is -2.37. The summed E-state index contributed by atoms with van der Waals surface area (Å²) in [6.07, 6.45) is 2.09. The number of nitrogens with one attached hydrogen (secondary N) is 1. The number of rotatable bonds is 5. The number of nitrogens with two attached hydrogens (primary N) is 1. The third kappa shape index (κ3) is 3.26. The summed E-state index contributed by atoms with van der Waals surface area (Å²) in [5, 5.41) is 2.82. The lowest BCUT2D eigenvalue weighted by molar-refractivity contribution is -0.124. The molecule has 1 aliphatic rings. The molecule has 0 aromatic heterocycles. The SMILES string of the molecule is NCC(Cc1cc(F)ccc1F)C(=O)NC1CC1. The number of halogens is 2. The van der Waals surface area contributed by atoms with Gasteiger partial charge in [0, 0.05) is 12.6 Å². The van der Waals surface area contributed by atoms with Gasteiger partial charge >= 0.3 is 0 Å². The van der Waals surface area contributed by atoms with Crippen molar-refractivity contribution in [2.45, 2.75) is 25.3 Å². The molecule has 5 heteroatoms. The molecule has 1 amide bonds. The molecule has 1 aliphatic carbocycles. The predicted octanol–water partition coefficient (Wildman–Crippen LogP) is 1.36. The molecular formula is C13H16F2N2O. The van der Waals surface area contributed by atoms with Crippen molar-refractivity contribution in [2.75, 3.05) is 6.54 Å². The van der Waals surface area contributed by atoms with Gasteiger partial charge in [-0.05, 0) is 43.0 Å². The number of carbonyl (C=O) groups excluding carboxylic acids is 1. The number of benzene rings is 1. The lowest BCUT2D eigenvalue weighted by Gasteiger charge is -2.15. The van der Waals surface area contributed by atoms with Gasteiger partial charge in [0.2, 0.25) is 5.91 Å². The van der Waals surface area contributed by atoms with Crippen molar-refractivity contribution < 1.29 is 13.6 Å². The van der Waals surface area contributed by atoms with E-state index in [1.807, 2.05) is 0 Å². The van der Waals surface area contributed by atoms with Gasteiger partial charge in [-0.3, -0.25) is 4.79 Å². The largest absolute Gasteiger partial charge is 0.353 e. The van der Waals surface area contributed by atoms with Crippen LogP contribution in [0.5, 0.6) is 0 Å². The van der Waals surface area contributed by atoms with Gasteiger partial charge in [0.1, 0.15) is 11.6 Å². The molecule has 1 unspecified atom stereocenters. The molecule has 1 atom stereocenters. The number of amides is 1. The van der Waals surface area contributed by atoms with Crippen LogP contribution >= 0.6 is 0 Å². The van der Waals surface area contributed by atoms with Crippen LogP contribution in [0.15, 0.2) is 18.2 Å². The van der Waals surface area contributed by atoms with Gasteiger partial charge in [0.25, 0.3) is 0 Å². The Hall–Kier alpha value is -1.49. The van der Waals surface area contributed by atoms with E-state index in [9.17, 15) is 13.6 Å². The molecule has 0 saturated heterocycles. The smallest absolute Gasteiger partial charge is 0.224 e. The zero-order valence-corrected chi connectivity index (χ0v) is 9.96. The Morgan fingerprint density at radius 2 is 2.17 bits per heavy atom. The van der Waals surface area contributed by atoms with Crippen molar-refractivity contribution in [2.24, 2.45) is 11.7 Å². The summed E-state index contributed by atoms with van der Waals surface area (Å²) in [5.74, 6) is -1.70. The highest BCUT2D eigenvalue weighted by molar-refractivity contribution is 5.79. The van der Waals surface area contributed by atoms with Crippen LogP contribution in [-0.4, -0.2) is 18.5 Å². The van der Waals surface area contributed by atoms with Crippen LogP contribution in [-0.2, 0) is 11.2 Å². The molecular weight excluding hydrogens is 238 g/mol. The maximum Gasteiger partial charge on any atom is 0.224 e. The highest BCUT2D eigenvalue weighted by atomic mass is 19.1. The molecule has 98 valence electrons. The van der Waals surface area contributed by atoms with Crippen LogP contribution in [0.2, 0.25) is 0 Å². The molecule has 18 heavy (non-hydrogen) atoms. The van der Waals surface area contributed by atoms with Gasteiger partial charge in [-0.1, -0.05) is 0 Å². The number of carbonyl (C=O) groups is 1. The zero-order valence-electron chi connectivity index (χ0n) is 9.96. The highest BCUT2D eigenvalue weighted by Crippen LogP contribution is 2.20. The number of hydrogen-bond donors (Lipinski definition) is 2.